The molecule has 0 aliphatic carbocycles. The van der Waals surface area contributed by atoms with Gasteiger partial charge in [0, 0.05) is 11.6 Å². The molecule has 1 aromatic carbocycles. The molecule has 0 saturated heterocycles. The van der Waals surface area contributed by atoms with Crippen molar-refractivity contribution in [3.8, 4) is 0 Å². The Morgan fingerprint density at radius 2 is 1.89 bits per heavy atom. The summed E-state index contributed by atoms with van der Waals surface area (Å²) in [5.74, 6) is 0. The first-order valence-corrected chi connectivity index (χ1v) is 7.70. The van der Waals surface area contributed by atoms with Gasteiger partial charge in [-0.15, -0.1) is 0 Å². The molecule has 0 saturated carbocycles. The summed E-state index contributed by atoms with van der Waals surface area (Å²) in [6.07, 6.45) is 0. The molecular formula is C11H16Cl2N2O2S. The third-order valence-corrected chi connectivity index (χ3v) is 4.97. The van der Waals surface area contributed by atoms with E-state index in [1.54, 1.807) is 27.0 Å². The lowest BCUT2D eigenvalue weighted by Crippen LogP contribution is -2.33. The molecule has 0 bridgehead atoms. The summed E-state index contributed by atoms with van der Waals surface area (Å²) in [6, 6.07) is 3.15. The van der Waals surface area contributed by atoms with Gasteiger partial charge in [-0.2, -0.15) is 0 Å². The largest absolute Gasteiger partial charge is 0.318 e. The third kappa shape index (κ3) is 3.75. The summed E-state index contributed by atoms with van der Waals surface area (Å²) in [6.45, 7) is 3.77. The number of benzene rings is 1. The van der Waals surface area contributed by atoms with Crippen LogP contribution in [0.1, 0.15) is 12.5 Å². The highest BCUT2D eigenvalue weighted by atomic mass is 35.5. The van der Waals surface area contributed by atoms with Gasteiger partial charge in [-0.25, -0.2) is 8.42 Å². The number of sulfonamides is 1. The summed E-state index contributed by atoms with van der Waals surface area (Å²) in [7, 11) is -1.79. The van der Waals surface area contributed by atoms with Crippen molar-refractivity contribution in [3.63, 3.8) is 0 Å². The van der Waals surface area contributed by atoms with Gasteiger partial charge >= 0.3 is 0 Å². The van der Waals surface area contributed by atoms with Crippen LogP contribution in [-0.4, -0.2) is 27.3 Å². The fourth-order valence-electron chi connectivity index (χ4n) is 1.38. The molecule has 0 aliphatic rings. The number of anilines is 1. The van der Waals surface area contributed by atoms with Crippen molar-refractivity contribution in [1.29, 1.82) is 0 Å². The predicted molar refractivity (Wildman–Crippen MR) is 77.1 cm³/mol. The smallest absolute Gasteiger partial charge is 0.236 e. The molecule has 102 valence electrons. The van der Waals surface area contributed by atoms with Crippen molar-refractivity contribution in [3.05, 3.63) is 27.7 Å². The van der Waals surface area contributed by atoms with E-state index in [2.05, 4.69) is 10.0 Å². The summed E-state index contributed by atoms with van der Waals surface area (Å²) < 4.78 is 26.4. The summed E-state index contributed by atoms with van der Waals surface area (Å²) >= 11 is 11.9. The second-order valence-electron chi connectivity index (χ2n) is 4.10. The van der Waals surface area contributed by atoms with Gasteiger partial charge in [0.1, 0.15) is 0 Å². The molecular weight excluding hydrogens is 295 g/mol. The van der Waals surface area contributed by atoms with E-state index in [4.69, 9.17) is 23.2 Å². The molecule has 18 heavy (non-hydrogen) atoms. The maximum absolute atomic E-state index is 12.0. The Hall–Kier alpha value is -0.490. The first-order chi connectivity index (χ1) is 8.27. The predicted octanol–water partition coefficient (Wildman–Crippen LogP) is 2.65. The Labute approximate surface area is 118 Å². The number of hydrogen-bond acceptors (Lipinski definition) is 3. The Morgan fingerprint density at radius 3 is 2.44 bits per heavy atom. The van der Waals surface area contributed by atoms with Crippen molar-refractivity contribution >= 4 is 38.9 Å². The highest BCUT2D eigenvalue weighted by molar-refractivity contribution is 7.93. The SMILES string of the molecule is CNCC(C)S(=O)(=O)Nc1cc(Cl)c(C)cc1Cl. The van der Waals surface area contributed by atoms with E-state index in [-0.39, 0.29) is 0 Å². The number of hydrogen-bond donors (Lipinski definition) is 2. The molecule has 0 aliphatic heterocycles. The Balaban J connectivity index is 3.01. The highest BCUT2D eigenvalue weighted by Crippen LogP contribution is 2.29. The first-order valence-electron chi connectivity index (χ1n) is 5.39. The molecule has 2 N–H and O–H groups in total. The van der Waals surface area contributed by atoms with Crippen molar-refractivity contribution in [2.45, 2.75) is 19.1 Å². The zero-order valence-corrected chi connectivity index (χ0v) is 12.7. The van der Waals surface area contributed by atoms with Crippen LogP contribution in [0.25, 0.3) is 0 Å². The molecule has 0 amide bonds. The zero-order valence-electron chi connectivity index (χ0n) is 10.4. The van der Waals surface area contributed by atoms with Crippen LogP contribution in [0.15, 0.2) is 12.1 Å². The van der Waals surface area contributed by atoms with E-state index in [0.717, 1.165) is 5.56 Å². The lowest BCUT2D eigenvalue weighted by Gasteiger charge is -2.16. The third-order valence-electron chi connectivity index (χ3n) is 2.52. The molecule has 4 nitrogen and oxygen atoms in total. The average Bonchev–Trinajstić information content (AvgIpc) is 2.26. The molecule has 0 spiro atoms. The van der Waals surface area contributed by atoms with Crippen molar-refractivity contribution in [2.24, 2.45) is 0 Å². The number of aryl methyl sites for hydroxylation is 1. The van der Waals surface area contributed by atoms with Crippen LogP contribution < -0.4 is 10.0 Å². The minimum absolute atomic E-state index is 0.301. The summed E-state index contributed by atoms with van der Waals surface area (Å²) in [5, 5.41) is 3.05. The van der Waals surface area contributed by atoms with Gasteiger partial charge in [0.15, 0.2) is 0 Å². The summed E-state index contributed by atoms with van der Waals surface area (Å²) in [4.78, 5) is 0. The lowest BCUT2D eigenvalue weighted by molar-refractivity contribution is 0.584. The van der Waals surface area contributed by atoms with E-state index in [1.807, 2.05) is 0 Å². The lowest BCUT2D eigenvalue weighted by atomic mass is 10.2. The first kappa shape index (κ1) is 15.6. The normalized spacial score (nSPS) is 13.4. The van der Waals surface area contributed by atoms with Crippen LogP contribution in [0.2, 0.25) is 10.0 Å². The number of halogens is 2. The monoisotopic (exact) mass is 310 g/mol. The van der Waals surface area contributed by atoms with E-state index >= 15 is 0 Å². The quantitative estimate of drug-likeness (QED) is 0.879. The van der Waals surface area contributed by atoms with Crippen molar-refractivity contribution in [2.75, 3.05) is 18.3 Å². The minimum atomic E-state index is -3.48. The van der Waals surface area contributed by atoms with Gasteiger partial charge in [0.2, 0.25) is 10.0 Å². The van der Waals surface area contributed by atoms with E-state index in [0.29, 0.717) is 22.3 Å². The molecule has 0 aromatic heterocycles. The molecule has 0 radical (unpaired) electrons. The summed E-state index contributed by atoms with van der Waals surface area (Å²) in [5.41, 5.74) is 1.10. The minimum Gasteiger partial charge on any atom is -0.318 e. The van der Waals surface area contributed by atoms with Crippen LogP contribution >= 0.6 is 23.2 Å². The molecule has 1 aromatic rings. The maximum atomic E-state index is 12.0. The van der Waals surface area contributed by atoms with Gasteiger partial charge < -0.3 is 5.32 Å². The van der Waals surface area contributed by atoms with Gasteiger partial charge in [0.05, 0.1) is 16.0 Å². The zero-order chi connectivity index (χ0) is 13.9. The molecule has 0 fully saturated rings. The van der Waals surface area contributed by atoms with E-state index in [9.17, 15) is 8.42 Å². The van der Waals surface area contributed by atoms with Crippen LogP contribution in [0, 0.1) is 6.92 Å². The topological polar surface area (TPSA) is 58.2 Å². The molecule has 1 unspecified atom stereocenters. The molecule has 7 heteroatoms. The average molecular weight is 311 g/mol. The van der Waals surface area contributed by atoms with E-state index in [1.165, 1.54) is 6.07 Å². The Kier molecular flexibility index (Phi) is 5.28. The molecule has 1 rings (SSSR count). The van der Waals surface area contributed by atoms with Crippen molar-refractivity contribution < 1.29 is 8.42 Å². The highest BCUT2D eigenvalue weighted by Gasteiger charge is 2.21. The Morgan fingerprint density at radius 1 is 1.28 bits per heavy atom. The second kappa shape index (κ2) is 6.10. The molecule has 0 heterocycles. The standard InChI is InChI=1S/C11H16Cl2N2O2S/c1-7-4-10(13)11(5-9(7)12)15-18(16,17)8(2)6-14-3/h4-5,8,14-15H,6H2,1-3H3. The van der Waals surface area contributed by atoms with Crippen molar-refractivity contribution in [1.82, 2.24) is 5.32 Å². The Bertz CT molecular complexity index is 532. The van der Waals surface area contributed by atoms with Crippen LogP contribution in [0.4, 0.5) is 5.69 Å². The number of rotatable bonds is 5. The van der Waals surface area contributed by atoms with Crippen LogP contribution in [0.3, 0.4) is 0 Å². The van der Waals surface area contributed by atoms with Gasteiger partial charge in [-0.3, -0.25) is 4.72 Å². The second-order valence-corrected chi connectivity index (χ2v) is 7.01. The van der Waals surface area contributed by atoms with Crippen LogP contribution in [0.5, 0.6) is 0 Å². The van der Waals surface area contributed by atoms with E-state index < -0.39 is 15.3 Å². The van der Waals surface area contributed by atoms with Gasteiger partial charge in [-0.1, -0.05) is 23.2 Å². The van der Waals surface area contributed by atoms with Gasteiger partial charge in [-0.05, 0) is 38.6 Å². The number of nitrogens with one attached hydrogen (secondary N) is 2. The molecule has 1 atom stereocenters. The fraction of sp³-hybridized carbons (Fsp3) is 0.455. The van der Waals surface area contributed by atoms with Crippen LogP contribution in [-0.2, 0) is 10.0 Å². The van der Waals surface area contributed by atoms with Gasteiger partial charge in [0.25, 0.3) is 0 Å². The fourth-order valence-corrected chi connectivity index (χ4v) is 2.92. The maximum Gasteiger partial charge on any atom is 0.236 e.